The van der Waals surface area contributed by atoms with Crippen molar-refractivity contribution in [1.29, 1.82) is 0 Å². The largest absolute Gasteiger partial charge is 0.445 e. The minimum Gasteiger partial charge on any atom is -0.445 e. The number of aromatic nitrogens is 2. The monoisotopic (exact) mass is 359 g/mol. The van der Waals surface area contributed by atoms with Crippen LogP contribution in [0.15, 0.2) is 82.3 Å². The highest BCUT2D eigenvalue weighted by Crippen LogP contribution is 2.30. The Labute approximate surface area is 158 Å². The lowest BCUT2D eigenvalue weighted by molar-refractivity contribution is 0.574. The van der Waals surface area contributed by atoms with Gasteiger partial charge in [0.15, 0.2) is 0 Å². The molecule has 0 unspecified atom stereocenters. The van der Waals surface area contributed by atoms with E-state index in [1.807, 2.05) is 24.3 Å². The molecule has 2 aromatic heterocycles. The first-order valence-electron chi connectivity index (χ1n) is 9.12. The van der Waals surface area contributed by atoms with Crippen LogP contribution in [0.25, 0.3) is 22.9 Å². The van der Waals surface area contributed by atoms with Crippen LogP contribution in [0.3, 0.4) is 0 Å². The van der Waals surface area contributed by atoms with Gasteiger partial charge in [-0.1, -0.05) is 13.3 Å². The number of oxazole rings is 2. The van der Waals surface area contributed by atoms with Gasteiger partial charge in [0.1, 0.15) is 12.5 Å². The first-order chi connectivity index (χ1) is 13.3. The number of benzene rings is 2. The third-order valence-electron chi connectivity index (χ3n) is 4.45. The molecule has 0 aliphatic carbocycles. The summed E-state index contributed by atoms with van der Waals surface area (Å²) in [4.78, 5) is 10.7. The quantitative estimate of drug-likeness (QED) is 0.409. The first kappa shape index (κ1) is 17.1. The maximum atomic E-state index is 5.38. The zero-order chi connectivity index (χ0) is 18.5. The van der Waals surface area contributed by atoms with Gasteiger partial charge in [-0.2, -0.15) is 0 Å². The Morgan fingerprint density at radius 1 is 0.741 bits per heavy atom. The van der Waals surface area contributed by atoms with E-state index in [9.17, 15) is 0 Å². The van der Waals surface area contributed by atoms with Gasteiger partial charge in [0.05, 0.1) is 12.4 Å². The number of rotatable bonds is 7. The highest BCUT2D eigenvalue weighted by molar-refractivity contribution is 5.68. The minimum absolute atomic E-state index is 0.636. The van der Waals surface area contributed by atoms with E-state index in [1.54, 1.807) is 24.9 Å². The Kier molecular flexibility index (Phi) is 5.01. The van der Waals surface area contributed by atoms with Crippen molar-refractivity contribution < 1.29 is 8.83 Å². The van der Waals surface area contributed by atoms with E-state index in [0.29, 0.717) is 11.8 Å². The van der Waals surface area contributed by atoms with Gasteiger partial charge >= 0.3 is 0 Å². The molecule has 2 aromatic carbocycles. The second-order valence-corrected chi connectivity index (χ2v) is 6.27. The Bertz CT molecular complexity index is 866. The molecule has 0 amide bonds. The average molecular weight is 359 g/mol. The summed E-state index contributed by atoms with van der Waals surface area (Å²) in [5.74, 6) is 1.27. The molecule has 4 aromatic rings. The molecule has 0 saturated carbocycles. The molecule has 0 bridgehead atoms. The maximum absolute atomic E-state index is 5.38. The summed E-state index contributed by atoms with van der Waals surface area (Å²) in [5.41, 5.74) is 4.22. The highest BCUT2D eigenvalue weighted by atomic mass is 16.3. The predicted octanol–water partition coefficient (Wildman–Crippen LogP) is 5.93. The van der Waals surface area contributed by atoms with Crippen molar-refractivity contribution in [2.75, 3.05) is 11.4 Å². The molecule has 5 heteroatoms. The van der Waals surface area contributed by atoms with Crippen molar-refractivity contribution in [3.05, 3.63) is 73.5 Å². The lowest BCUT2D eigenvalue weighted by Gasteiger charge is -2.25. The van der Waals surface area contributed by atoms with Crippen molar-refractivity contribution in [2.45, 2.75) is 19.8 Å². The van der Waals surface area contributed by atoms with Gasteiger partial charge in [0.2, 0.25) is 11.8 Å². The topological polar surface area (TPSA) is 55.3 Å². The van der Waals surface area contributed by atoms with Gasteiger partial charge in [-0.15, -0.1) is 0 Å². The van der Waals surface area contributed by atoms with E-state index in [1.165, 1.54) is 0 Å². The Morgan fingerprint density at radius 2 is 1.22 bits per heavy atom. The van der Waals surface area contributed by atoms with Gasteiger partial charge in [-0.25, -0.2) is 9.97 Å². The average Bonchev–Trinajstić information content (AvgIpc) is 3.44. The van der Waals surface area contributed by atoms with Crippen molar-refractivity contribution in [1.82, 2.24) is 9.97 Å². The molecule has 0 saturated heterocycles. The number of anilines is 2. The van der Waals surface area contributed by atoms with Crippen molar-refractivity contribution >= 4 is 11.4 Å². The van der Waals surface area contributed by atoms with E-state index in [4.69, 9.17) is 8.83 Å². The van der Waals surface area contributed by atoms with Crippen LogP contribution < -0.4 is 4.90 Å². The van der Waals surface area contributed by atoms with Gasteiger partial charge in [-0.05, 0) is 55.0 Å². The van der Waals surface area contributed by atoms with Gasteiger partial charge < -0.3 is 13.7 Å². The molecule has 0 aliphatic rings. The SMILES string of the molecule is CCCCN(c1ccc(-c2ncco2)cc1)c1ccc(-c2ncco2)cc1. The highest BCUT2D eigenvalue weighted by Gasteiger charge is 2.11. The summed E-state index contributed by atoms with van der Waals surface area (Å²) in [6, 6.07) is 16.6. The second-order valence-electron chi connectivity index (χ2n) is 6.27. The van der Waals surface area contributed by atoms with E-state index >= 15 is 0 Å². The fraction of sp³-hybridized carbons (Fsp3) is 0.182. The van der Waals surface area contributed by atoms with E-state index < -0.39 is 0 Å². The molecule has 0 spiro atoms. The fourth-order valence-electron chi connectivity index (χ4n) is 3.02. The first-order valence-corrected chi connectivity index (χ1v) is 9.12. The summed E-state index contributed by atoms with van der Waals surface area (Å²) < 4.78 is 10.8. The second kappa shape index (κ2) is 7.91. The lowest BCUT2D eigenvalue weighted by Crippen LogP contribution is -2.18. The van der Waals surface area contributed by atoms with E-state index in [0.717, 1.165) is 41.9 Å². The Morgan fingerprint density at radius 3 is 1.59 bits per heavy atom. The smallest absolute Gasteiger partial charge is 0.225 e. The third kappa shape index (κ3) is 3.77. The molecule has 4 rings (SSSR count). The molecule has 0 fully saturated rings. The molecule has 5 nitrogen and oxygen atoms in total. The zero-order valence-electron chi connectivity index (χ0n) is 15.2. The molecule has 0 aliphatic heterocycles. The summed E-state index contributed by atoms with van der Waals surface area (Å²) in [6.45, 7) is 3.16. The summed E-state index contributed by atoms with van der Waals surface area (Å²) >= 11 is 0. The van der Waals surface area contributed by atoms with Crippen LogP contribution in [0.2, 0.25) is 0 Å². The lowest BCUT2D eigenvalue weighted by atomic mass is 10.1. The number of unbranched alkanes of at least 4 members (excludes halogenated alkanes) is 1. The molecule has 27 heavy (non-hydrogen) atoms. The molecular formula is C22H21N3O2. The molecule has 0 N–H and O–H groups in total. The Balaban J connectivity index is 1.61. The van der Waals surface area contributed by atoms with Crippen molar-refractivity contribution in [2.24, 2.45) is 0 Å². The zero-order valence-corrected chi connectivity index (χ0v) is 15.2. The fourth-order valence-corrected chi connectivity index (χ4v) is 3.02. The number of nitrogens with zero attached hydrogens (tertiary/aromatic N) is 3. The van der Waals surface area contributed by atoms with Crippen LogP contribution in [-0.4, -0.2) is 16.5 Å². The predicted molar refractivity (Wildman–Crippen MR) is 106 cm³/mol. The van der Waals surface area contributed by atoms with Crippen LogP contribution in [0.4, 0.5) is 11.4 Å². The summed E-state index contributed by atoms with van der Waals surface area (Å²) in [6.07, 6.45) is 8.75. The van der Waals surface area contributed by atoms with E-state index in [2.05, 4.69) is 46.1 Å². The van der Waals surface area contributed by atoms with Crippen molar-refractivity contribution in [3.8, 4) is 22.9 Å². The Hall–Kier alpha value is -3.34. The van der Waals surface area contributed by atoms with Crippen LogP contribution >= 0.6 is 0 Å². The van der Waals surface area contributed by atoms with E-state index in [-0.39, 0.29) is 0 Å². The molecular weight excluding hydrogens is 338 g/mol. The minimum atomic E-state index is 0.636. The molecule has 0 atom stereocenters. The third-order valence-corrected chi connectivity index (χ3v) is 4.45. The molecule has 0 radical (unpaired) electrons. The number of hydrogen-bond donors (Lipinski definition) is 0. The number of hydrogen-bond acceptors (Lipinski definition) is 5. The normalized spacial score (nSPS) is 10.9. The van der Waals surface area contributed by atoms with Crippen LogP contribution in [0, 0.1) is 0 Å². The van der Waals surface area contributed by atoms with Crippen molar-refractivity contribution in [3.63, 3.8) is 0 Å². The van der Waals surface area contributed by atoms with Crippen LogP contribution in [-0.2, 0) is 0 Å². The van der Waals surface area contributed by atoms with Crippen LogP contribution in [0.1, 0.15) is 19.8 Å². The van der Waals surface area contributed by atoms with Gasteiger partial charge in [0, 0.05) is 29.0 Å². The van der Waals surface area contributed by atoms with Crippen LogP contribution in [0.5, 0.6) is 0 Å². The molecule has 136 valence electrons. The summed E-state index contributed by atoms with van der Waals surface area (Å²) in [7, 11) is 0. The maximum Gasteiger partial charge on any atom is 0.225 e. The summed E-state index contributed by atoms with van der Waals surface area (Å²) in [5, 5.41) is 0. The standard InChI is InChI=1S/C22H21N3O2/c1-2-3-14-25(19-8-4-17(5-9-19)21-23-12-15-26-21)20-10-6-18(7-11-20)22-24-13-16-27-22/h4-13,15-16H,2-3,14H2,1H3. The van der Waals surface area contributed by atoms with Gasteiger partial charge in [0.25, 0.3) is 0 Å². The van der Waals surface area contributed by atoms with Gasteiger partial charge in [-0.3, -0.25) is 0 Å². The molecule has 2 heterocycles.